The molecular weight excluding hydrogens is 458 g/mol. The highest BCUT2D eigenvalue weighted by molar-refractivity contribution is 7.89. The number of nitrogens with one attached hydrogen (secondary N) is 1. The lowest BCUT2D eigenvalue weighted by atomic mass is 9.97. The summed E-state index contributed by atoms with van der Waals surface area (Å²) in [6.07, 6.45) is 0.643. The lowest BCUT2D eigenvalue weighted by Crippen LogP contribution is -2.41. The number of carbonyl (C=O) groups is 1. The number of nitrogens with zero attached hydrogens (tertiary/aromatic N) is 1. The van der Waals surface area contributed by atoms with Crippen molar-refractivity contribution in [2.45, 2.75) is 17.7 Å². The van der Waals surface area contributed by atoms with Crippen molar-refractivity contribution in [2.24, 2.45) is 5.92 Å². The molecule has 1 fully saturated rings. The zero-order valence-electron chi connectivity index (χ0n) is 18.2. The van der Waals surface area contributed by atoms with Crippen LogP contribution in [0.5, 0.6) is 0 Å². The van der Waals surface area contributed by atoms with Crippen molar-refractivity contribution in [3.05, 3.63) is 95.6 Å². The van der Waals surface area contributed by atoms with E-state index in [2.05, 4.69) is 17.2 Å². The Bertz CT molecular complexity index is 1360. The molecule has 1 heterocycles. The van der Waals surface area contributed by atoms with Crippen LogP contribution in [0.2, 0.25) is 0 Å². The van der Waals surface area contributed by atoms with Gasteiger partial charge in [0, 0.05) is 35.8 Å². The number of halogens is 2. The maximum atomic E-state index is 13.5. The minimum absolute atomic E-state index is 0.113. The highest BCUT2D eigenvalue weighted by Gasteiger charge is 2.32. The molecule has 4 rings (SSSR count). The fourth-order valence-electron chi connectivity index (χ4n) is 3.73. The van der Waals surface area contributed by atoms with Crippen LogP contribution in [-0.2, 0) is 14.8 Å². The standard InChI is InChI=1S/C26H22F2N2O3S/c27-24-12-11-23(18-25(24)28)34(32,33)30-15-13-21(14-16-30)26(31)29-22-8-4-7-20(17-22)10-9-19-5-2-1-3-6-19/h1-8,11-12,17-18,21H,13-16H2,(H,29,31). The Morgan fingerprint density at radius 2 is 1.53 bits per heavy atom. The fraction of sp³-hybridized carbons (Fsp3) is 0.192. The highest BCUT2D eigenvalue weighted by atomic mass is 32.2. The Labute approximate surface area is 197 Å². The maximum Gasteiger partial charge on any atom is 0.243 e. The summed E-state index contributed by atoms with van der Waals surface area (Å²) in [6.45, 7) is 0.226. The van der Waals surface area contributed by atoms with Crippen LogP contribution in [0.1, 0.15) is 24.0 Å². The van der Waals surface area contributed by atoms with Crippen LogP contribution in [0, 0.1) is 29.4 Å². The van der Waals surface area contributed by atoms with Crippen LogP contribution in [0.15, 0.2) is 77.7 Å². The van der Waals surface area contributed by atoms with Crippen LogP contribution in [0.4, 0.5) is 14.5 Å². The second kappa shape index (κ2) is 10.2. The zero-order chi connectivity index (χ0) is 24.1. The lowest BCUT2D eigenvalue weighted by Gasteiger charge is -2.30. The second-order valence-corrected chi connectivity index (χ2v) is 9.88. The number of benzene rings is 3. The number of piperidine rings is 1. The SMILES string of the molecule is O=C(Nc1cccc(C#Cc2ccccc2)c1)C1CCN(S(=O)(=O)c2ccc(F)c(F)c2)CC1. The van der Waals surface area contributed by atoms with Gasteiger partial charge in [-0.05, 0) is 61.4 Å². The monoisotopic (exact) mass is 480 g/mol. The molecular formula is C26H22F2N2O3S. The molecule has 5 nitrogen and oxygen atoms in total. The first-order valence-corrected chi connectivity index (χ1v) is 12.2. The van der Waals surface area contributed by atoms with Crippen molar-refractivity contribution in [2.75, 3.05) is 18.4 Å². The van der Waals surface area contributed by atoms with Crippen molar-refractivity contribution in [3.63, 3.8) is 0 Å². The Hall–Kier alpha value is -3.54. The molecule has 0 bridgehead atoms. The minimum Gasteiger partial charge on any atom is -0.326 e. The first kappa shape index (κ1) is 23.6. The third kappa shape index (κ3) is 5.50. The molecule has 34 heavy (non-hydrogen) atoms. The molecule has 0 atom stereocenters. The summed E-state index contributed by atoms with van der Waals surface area (Å²) in [5.41, 5.74) is 2.26. The van der Waals surface area contributed by atoms with Gasteiger partial charge in [0.05, 0.1) is 4.90 Å². The number of sulfonamides is 1. The minimum atomic E-state index is -3.96. The smallest absolute Gasteiger partial charge is 0.243 e. The van der Waals surface area contributed by atoms with E-state index in [9.17, 15) is 22.0 Å². The third-order valence-electron chi connectivity index (χ3n) is 5.61. The van der Waals surface area contributed by atoms with Gasteiger partial charge >= 0.3 is 0 Å². The molecule has 0 saturated carbocycles. The van der Waals surface area contributed by atoms with E-state index >= 15 is 0 Å². The Kier molecular flexibility index (Phi) is 7.06. The molecule has 3 aromatic carbocycles. The van der Waals surface area contributed by atoms with Gasteiger partial charge in [-0.25, -0.2) is 17.2 Å². The molecule has 1 aliphatic heterocycles. The van der Waals surface area contributed by atoms with Crippen LogP contribution in [0.25, 0.3) is 0 Å². The fourth-order valence-corrected chi connectivity index (χ4v) is 5.21. The number of hydrogen-bond acceptors (Lipinski definition) is 3. The average Bonchev–Trinajstić information content (AvgIpc) is 2.85. The van der Waals surface area contributed by atoms with E-state index < -0.39 is 21.7 Å². The van der Waals surface area contributed by atoms with Gasteiger partial charge in [-0.1, -0.05) is 36.1 Å². The number of amides is 1. The highest BCUT2D eigenvalue weighted by Crippen LogP contribution is 2.26. The van der Waals surface area contributed by atoms with Crippen LogP contribution in [-0.4, -0.2) is 31.7 Å². The average molecular weight is 481 g/mol. The van der Waals surface area contributed by atoms with Crippen molar-refractivity contribution < 1.29 is 22.0 Å². The molecule has 1 N–H and O–H groups in total. The maximum absolute atomic E-state index is 13.5. The van der Waals surface area contributed by atoms with Gasteiger partial charge in [0.1, 0.15) is 0 Å². The second-order valence-electron chi connectivity index (χ2n) is 7.94. The third-order valence-corrected chi connectivity index (χ3v) is 7.50. The molecule has 1 saturated heterocycles. The number of carbonyl (C=O) groups excluding carboxylic acids is 1. The Morgan fingerprint density at radius 1 is 0.853 bits per heavy atom. The molecule has 0 radical (unpaired) electrons. The summed E-state index contributed by atoms with van der Waals surface area (Å²) in [5.74, 6) is 3.26. The van der Waals surface area contributed by atoms with Gasteiger partial charge in [0.2, 0.25) is 15.9 Å². The van der Waals surface area contributed by atoms with Gasteiger partial charge in [0.25, 0.3) is 0 Å². The van der Waals surface area contributed by atoms with Crippen molar-refractivity contribution >= 4 is 21.6 Å². The molecule has 1 amide bonds. The van der Waals surface area contributed by atoms with Crippen LogP contribution < -0.4 is 5.32 Å². The summed E-state index contributed by atoms with van der Waals surface area (Å²) in [6, 6.07) is 19.3. The number of anilines is 1. The lowest BCUT2D eigenvalue weighted by molar-refractivity contribution is -0.120. The molecule has 3 aromatic rings. The number of rotatable bonds is 4. The molecule has 0 unspecified atom stereocenters. The summed E-state index contributed by atoms with van der Waals surface area (Å²) < 4.78 is 53.3. The van der Waals surface area contributed by atoms with Gasteiger partial charge in [-0.2, -0.15) is 4.31 Å². The van der Waals surface area contributed by atoms with E-state index in [0.717, 1.165) is 23.3 Å². The Balaban J connectivity index is 1.37. The summed E-state index contributed by atoms with van der Waals surface area (Å²) in [7, 11) is -3.96. The Morgan fingerprint density at radius 3 is 2.24 bits per heavy atom. The predicted molar refractivity (Wildman–Crippen MR) is 125 cm³/mol. The van der Waals surface area contributed by atoms with Crippen molar-refractivity contribution in [3.8, 4) is 11.8 Å². The van der Waals surface area contributed by atoms with Crippen LogP contribution in [0.3, 0.4) is 0 Å². The first-order valence-electron chi connectivity index (χ1n) is 10.8. The quantitative estimate of drug-likeness (QED) is 0.563. The van der Waals surface area contributed by atoms with Crippen molar-refractivity contribution in [1.29, 1.82) is 0 Å². The summed E-state index contributed by atoms with van der Waals surface area (Å²) >= 11 is 0. The largest absolute Gasteiger partial charge is 0.326 e. The van der Waals surface area contributed by atoms with E-state index in [1.807, 2.05) is 42.5 Å². The summed E-state index contributed by atoms with van der Waals surface area (Å²) in [4.78, 5) is 12.5. The van der Waals surface area contributed by atoms with Gasteiger partial charge in [0.15, 0.2) is 11.6 Å². The number of hydrogen-bond donors (Lipinski definition) is 1. The normalized spacial score (nSPS) is 14.8. The van der Waals surface area contributed by atoms with E-state index in [4.69, 9.17) is 0 Å². The van der Waals surface area contributed by atoms with Crippen molar-refractivity contribution in [1.82, 2.24) is 4.31 Å². The first-order chi connectivity index (χ1) is 16.3. The molecule has 0 spiro atoms. The summed E-state index contributed by atoms with van der Waals surface area (Å²) in [5, 5.41) is 2.88. The van der Waals surface area contributed by atoms with Gasteiger partial charge < -0.3 is 5.32 Å². The van der Waals surface area contributed by atoms with Gasteiger partial charge in [-0.15, -0.1) is 0 Å². The molecule has 0 aliphatic carbocycles. The molecule has 1 aliphatic rings. The van der Waals surface area contributed by atoms with E-state index in [-0.39, 0.29) is 29.8 Å². The van der Waals surface area contributed by atoms with E-state index in [1.165, 1.54) is 4.31 Å². The molecule has 8 heteroatoms. The van der Waals surface area contributed by atoms with Crippen LogP contribution >= 0.6 is 0 Å². The predicted octanol–water partition coefficient (Wildman–Crippen LogP) is 4.40. The topological polar surface area (TPSA) is 66.5 Å². The zero-order valence-corrected chi connectivity index (χ0v) is 19.0. The van der Waals surface area contributed by atoms with E-state index in [1.54, 1.807) is 12.1 Å². The van der Waals surface area contributed by atoms with E-state index in [0.29, 0.717) is 24.6 Å². The molecule has 0 aromatic heterocycles. The molecule has 174 valence electrons. The van der Waals surface area contributed by atoms with Gasteiger partial charge in [-0.3, -0.25) is 4.79 Å².